The van der Waals surface area contributed by atoms with Gasteiger partial charge in [0.1, 0.15) is 6.61 Å². The quantitative estimate of drug-likeness (QED) is 0.564. The van der Waals surface area contributed by atoms with Crippen molar-refractivity contribution in [2.24, 2.45) is 5.73 Å². The minimum Gasteiger partial charge on any atom is -0.489 e. The van der Waals surface area contributed by atoms with Crippen molar-refractivity contribution >= 4 is 11.8 Å². The van der Waals surface area contributed by atoms with Crippen LogP contribution in [0.25, 0.3) is 0 Å². The fraction of sp³-hybridized carbons (Fsp3) is 0.350. The number of rotatable bonds is 11. The van der Waals surface area contributed by atoms with Gasteiger partial charge in [0.15, 0.2) is 17.2 Å². The zero-order valence-electron chi connectivity index (χ0n) is 15.8. The lowest BCUT2D eigenvalue weighted by molar-refractivity contribution is -0.118. The molecule has 0 saturated carbocycles. The lowest BCUT2D eigenvalue weighted by Crippen LogP contribution is -2.36. The molecule has 1 heterocycles. The molecule has 0 radical (unpaired) electrons. The maximum Gasteiger partial charge on any atom is 0.280 e. The van der Waals surface area contributed by atoms with E-state index in [0.29, 0.717) is 32.0 Å². The van der Waals surface area contributed by atoms with Crippen molar-refractivity contribution in [1.29, 1.82) is 0 Å². The van der Waals surface area contributed by atoms with Crippen molar-refractivity contribution in [1.82, 2.24) is 10.3 Å². The molecule has 0 saturated heterocycles. The summed E-state index contributed by atoms with van der Waals surface area (Å²) >= 11 is 0. The third-order valence-electron chi connectivity index (χ3n) is 3.64. The topological polar surface area (TPSA) is 113 Å². The highest BCUT2D eigenvalue weighted by molar-refractivity contribution is 6.05. The summed E-state index contributed by atoms with van der Waals surface area (Å²) in [6, 6.07) is 11.1. The molecular formula is C20H25N3O5. The predicted molar refractivity (Wildman–Crippen MR) is 103 cm³/mol. The highest BCUT2D eigenvalue weighted by Gasteiger charge is 2.21. The van der Waals surface area contributed by atoms with Crippen molar-refractivity contribution < 1.29 is 23.8 Å². The van der Waals surface area contributed by atoms with Crippen molar-refractivity contribution in [3.8, 4) is 11.5 Å². The Hall–Kier alpha value is -2.97. The summed E-state index contributed by atoms with van der Waals surface area (Å²) in [6.07, 6.45) is 2.11. The maximum atomic E-state index is 12.4. The number of nitrogens with one attached hydrogen (secondary N) is 1. The van der Waals surface area contributed by atoms with Crippen LogP contribution in [-0.4, -0.2) is 43.2 Å². The second-order valence-electron chi connectivity index (χ2n) is 5.74. The number of nitrogens with zero attached hydrogens (tertiary/aromatic N) is 1. The number of amides is 2. The van der Waals surface area contributed by atoms with Crippen molar-refractivity contribution in [3.05, 3.63) is 53.9 Å². The van der Waals surface area contributed by atoms with Gasteiger partial charge in [-0.15, -0.1) is 0 Å². The Kier molecular flexibility index (Phi) is 8.90. The minimum absolute atomic E-state index is 0.0416. The molecule has 150 valence electrons. The summed E-state index contributed by atoms with van der Waals surface area (Å²) in [5.41, 5.74) is 6.13. The highest BCUT2D eigenvalue weighted by Crippen LogP contribution is 2.31. The van der Waals surface area contributed by atoms with E-state index in [9.17, 15) is 9.59 Å². The monoisotopic (exact) mass is 387 g/mol. The molecule has 3 N–H and O–H groups in total. The molecule has 2 amide bonds. The van der Waals surface area contributed by atoms with Crippen LogP contribution < -0.4 is 20.5 Å². The molecule has 0 atom stereocenters. The van der Waals surface area contributed by atoms with E-state index in [0.717, 1.165) is 5.56 Å². The molecule has 2 aromatic rings. The van der Waals surface area contributed by atoms with Crippen molar-refractivity contribution in [2.45, 2.75) is 20.0 Å². The van der Waals surface area contributed by atoms with Gasteiger partial charge in [-0.3, -0.25) is 14.9 Å². The van der Waals surface area contributed by atoms with Crippen LogP contribution >= 0.6 is 0 Å². The number of ether oxygens (including phenoxy) is 3. The van der Waals surface area contributed by atoms with Gasteiger partial charge in [-0.25, -0.2) is 4.98 Å². The molecule has 0 spiro atoms. The van der Waals surface area contributed by atoms with Crippen LogP contribution in [0.1, 0.15) is 29.4 Å². The van der Waals surface area contributed by atoms with Crippen molar-refractivity contribution in [3.63, 3.8) is 0 Å². The first-order valence-corrected chi connectivity index (χ1v) is 9.06. The summed E-state index contributed by atoms with van der Waals surface area (Å²) in [5, 5.41) is 2.17. The van der Waals surface area contributed by atoms with Gasteiger partial charge in [-0.2, -0.15) is 0 Å². The van der Waals surface area contributed by atoms with E-state index in [-0.39, 0.29) is 24.6 Å². The number of carbonyl (C=O) groups excluding carboxylic acids is 2. The van der Waals surface area contributed by atoms with Crippen LogP contribution in [0, 0.1) is 0 Å². The Morgan fingerprint density at radius 1 is 1.11 bits per heavy atom. The number of hydrogen-bond donors (Lipinski definition) is 2. The van der Waals surface area contributed by atoms with Gasteiger partial charge < -0.3 is 19.9 Å². The molecule has 0 unspecified atom stereocenters. The van der Waals surface area contributed by atoms with Gasteiger partial charge in [-0.05, 0) is 12.5 Å². The van der Waals surface area contributed by atoms with Crippen molar-refractivity contribution in [2.75, 3.05) is 26.4 Å². The molecule has 8 nitrogen and oxygen atoms in total. The average Bonchev–Trinajstić information content (AvgIpc) is 2.72. The van der Waals surface area contributed by atoms with Crippen LogP contribution in [0.3, 0.4) is 0 Å². The number of benzene rings is 1. The fourth-order valence-electron chi connectivity index (χ4n) is 2.30. The van der Waals surface area contributed by atoms with E-state index in [4.69, 9.17) is 19.9 Å². The Labute approximate surface area is 164 Å². The van der Waals surface area contributed by atoms with Gasteiger partial charge in [0.05, 0.1) is 13.2 Å². The van der Waals surface area contributed by atoms with Gasteiger partial charge in [0.2, 0.25) is 5.91 Å². The lowest BCUT2D eigenvalue weighted by Gasteiger charge is -2.15. The van der Waals surface area contributed by atoms with Crippen LogP contribution in [0.15, 0.2) is 42.6 Å². The fourth-order valence-corrected chi connectivity index (χ4v) is 2.30. The number of hydrogen-bond acceptors (Lipinski definition) is 7. The average molecular weight is 387 g/mol. The number of imide groups is 1. The van der Waals surface area contributed by atoms with Gasteiger partial charge >= 0.3 is 0 Å². The van der Waals surface area contributed by atoms with Crippen LogP contribution in [0.2, 0.25) is 0 Å². The van der Waals surface area contributed by atoms with E-state index in [1.807, 2.05) is 37.3 Å². The van der Waals surface area contributed by atoms with Gasteiger partial charge in [0.25, 0.3) is 5.91 Å². The summed E-state index contributed by atoms with van der Waals surface area (Å²) in [6.45, 7) is 3.42. The van der Waals surface area contributed by atoms with Gasteiger partial charge in [0, 0.05) is 31.9 Å². The van der Waals surface area contributed by atoms with E-state index in [1.54, 1.807) is 6.07 Å². The molecule has 1 aromatic heterocycles. The molecule has 0 aliphatic rings. The Morgan fingerprint density at radius 3 is 2.61 bits per heavy atom. The van der Waals surface area contributed by atoms with Crippen LogP contribution in [0.4, 0.5) is 0 Å². The Morgan fingerprint density at radius 2 is 1.89 bits per heavy atom. The SMILES string of the molecule is CCOCCCOc1ccnc(C(=O)NC(=O)CN)c1OCc1ccccc1. The zero-order chi connectivity index (χ0) is 20.2. The first-order chi connectivity index (χ1) is 13.7. The molecule has 0 aliphatic heterocycles. The molecule has 2 rings (SSSR count). The smallest absolute Gasteiger partial charge is 0.280 e. The van der Waals surface area contributed by atoms with E-state index in [2.05, 4.69) is 10.3 Å². The first kappa shape index (κ1) is 21.3. The molecule has 1 aromatic carbocycles. The number of nitrogens with two attached hydrogens (primary N) is 1. The minimum atomic E-state index is -0.696. The standard InChI is InChI=1S/C20H25N3O5/c1-2-26-11-6-12-27-16-9-10-22-18(20(25)23-17(24)13-21)19(16)28-14-15-7-4-3-5-8-15/h3-5,7-10H,2,6,11-14,21H2,1H3,(H,23,24,25). The van der Waals surface area contributed by atoms with Crippen LogP contribution in [-0.2, 0) is 16.1 Å². The molecule has 28 heavy (non-hydrogen) atoms. The second kappa shape index (κ2) is 11.7. The summed E-state index contributed by atoms with van der Waals surface area (Å²) in [7, 11) is 0. The normalized spacial score (nSPS) is 10.4. The first-order valence-electron chi connectivity index (χ1n) is 9.06. The van der Waals surface area contributed by atoms with E-state index >= 15 is 0 Å². The zero-order valence-corrected chi connectivity index (χ0v) is 15.8. The molecule has 0 bridgehead atoms. The summed E-state index contributed by atoms with van der Waals surface area (Å²) in [5.74, 6) is -0.764. The number of carbonyl (C=O) groups is 2. The molecule has 8 heteroatoms. The molecular weight excluding hydrogens is 362 g/mol. The summed E-state index contributed by atoms with van der Waals surface area (Å²) in [4.78, 5) is 27.9. The predicted octanol–water partition coefficient (Wildman–Crippen LogP) is 1.68. The molecule has 0 aliphatic carbocycles. The van der Waals surface area contributed by atoms with E-state index in [1.165, 1.54) is 6.20 Å². The Bertz CT molecular complexity index is 768. The summed E-state index contributed by atoms with van der Waals surface area (Å²) < 4.78 is 16.9. The van der Waals surface area contributed by atoms with E-state index < -0.39 is 11.8 Å². The third-order valence-corrected chi connectivity index (χ3v) is 3.64. The van der Waals surface area contributed by atoms with Crippen LogP contribution in [0.5, 0.6) is 11.5 Å². The Balaban J connectivity index is 2.18. The lowest BCUT2D eigenvalue weighted by atomic mass is 10.2. The second-order valence-corrected chi connectivity index (χ2v) is 5.74. The highest BCUT2D eigenvalue weighted by atomic mass is 16.5. The largest absolute Gasteiger partial charge is 0.489 e. The molecule has 0 fully saturated rings. The third kappa shape index (κ3) is 6.64. The maximum absolute atomic E-state index is 12.4. The number of pyridine rings is 1. The van der Waals surface area contributed by atoms with Gasteiger partial charge in [-0.1, -0.05) is 30.3 Å². The number of aromatic nitrogens is 1.